The van der Waals surface area contributed by atoms with Crippen molar-refractivity contribution in [3.05, 3.63) is 5.69 Å². The van der Waals surface area contributed by atoms with Gasteiger partial charge in [-0.05, 0) is 18.9 Å². The predicted molar refractivity (Wildman–Crippen MR) is 64.2 cm³/mol. The normalized spacial score (nSPS) is 27.1. The molecule has 0 aliphatic carbocycles. The van der Waals surface area contributed by atoms with Gasteiger partial charge >= 0.3 is 0 Å². The molecule has 0 bridgehead atoms. The highest BCUT2D eigenvalue weighted by atomic mass is 32.1. The zero-order chi connectivity index (χ0) is 11.5. The molecule has 6 heteroatoms. The van der Waals surface area contributed by atoms with Crippen molar-refractivity contribution < 1.29 is 4.74 Å². The minimum absolute atomic E-state index is 0.321. The molecular weight excluding hydrogens is 224 g/mol. The van der Waals surface area contributed by atoms with Crippen LogP contribution in [0.15, 0.2) is 0 Å². The van der Waals surface area contributed by atoms with Crippen molar-refractivity contribution in [1.82, 2.24) is 14.5 Å². The molecule has 1 fully saturated rings. The van der Waals surface area contributed by atoms with Crippen molar-refractivity contribution in [2.75, 3.05) is 25.9 Å². The lowest BCUT2D eigenvalue weighted by Crippen LogP contribution is -2.43. The van der Waals surface area contributed by atoms with Gasteiger partial charge in [-0.3, -0.25) is 4.90 Å². The standard InChI is InChI=1S/C10H18N4OS/c1-7-3-4-14(6-9(7)15-2)5-8-10(11)16-13-12-8/h7,9H,3-6,11H2,1-2H3. The number of hydrogen-bond donors (Lipinski definition) is 1. The average Bonchev–Trinajstić information content (AvgIpc) is 2.67. The number of piperidine rings is 1. The van der Waals surface area contributed by atoms with Crippen LogP contribution in [0, 0.1) is 5.92 Å². The van der Waals surface area contributed by atoms with E-state index in [9.17, 15) is 0 Å². The zero-order valence-corrected chi connectivity index (χ0v) is 10.5. The van der Waals surface area contributed by atoms with Crippen molar-refractivity contribution in [2.24, 2.45) is 5.92 Å². The summed E-state index contributed by atoms with van der Waals surface area (Å²) in [5, 5.41) is 4.77. The van der Waals surface area contributed by atoms with Gasteiger partial charge < -0.3 is 10.5 Å². The molecule has 1 aliphatic heterocycles. The Morgan fingerprint density at radius 2 is 2.44 bits per heavy atom. The molecule has 1 aliphatic rings. The van der Waals surface area contributed by atoms with E-state index in [4.69, 9.17) is 10.5 Å². The summed E-state index contributed by atoms with van der Waals surface area (Å²) in [4.78, 5) is 2.33. The van der Waals surface area contributed by atoms with Crippen LogP contribution >= 0.6 is 11.5 Å². The molecule has 2 unspecified atom stereocenters. The number of anilines is 1. The van der Waals surface area contributed by atoms with Crippen molar-refractivity contribution >= 4 is 16.5 Å². The first-order valence-corrected chi connectivity index (χ1v) is 6.30. The third-order valence-corrected chi connectivity index (χ3v) is 3.83. The molecule has 0 spiro atoms. The Morgan fingerprint density at radius 1 is 1.62 bits per heavy atom. The molecule has 5 nitrogen and oxygen atoms in total. The molecule has 2 rings (SSSR count). The molecule has 0 saturated carbocycles. The molecule has 2 N–H and O–H groups in total. The van der Waals surface area contributed by atoms with Crippen LogP contribution in [0.5, 0.6) is 0 Å². The van der Waals surface area contributed by atoms with Crippen LogP contribution in [0.2, 0.25) is 0 Å². The van der Waals surface area contributed by atoms with Crippen LogP contribution in [0.4, 0.5) is 5.00 Å². The van der Waals surface area contributed by atoms with Gasteiger partial charge in [0, 0.05) is 31.7 Å². The molecule has 0 amide bonds. The van der Waals surface area contributed by atoms with Crippen LogP contribution in [0.3, 0.4) is 0 Å². The van der Waals surface area contributed by atoms with Gasteiger partial charge in [0.15, 0.2) is 0 Å². The maximum absolute atomic E-state index is 5.79. The molecule has 0 radical (unpaired) electrons. The summed E-state index contributed by atoms with van der Waals surface area (Å²) in [7, 11) is 1.78. The molecule has 2 atom stereocenters. The van der Waals surface area contributed by atoms with Crippen LogP contribution in [0.1, 0.15) is 19.0 Å². The summed E-state index contributed by atoms with van der Waals surface area (Å²) in [5.74, 6) is 0.632. The molecule has 1 aromatic heterocycles. The number of likely N-dealkylation sites (tertiary alicyclic amines) is 1. The molecular formula is C10H18N4OS. The first-order valence-electron chi connectivity index (χ1n) is 5.52. The molecule has 1 saturated heterocycles. The highest BCUT2D eigenvalue weighted by Crippen LogP contribution is 2.22. The summed E-state index contributed by atoms with van der Waals surface area (Å²) in [5.41, 5.74) is 6.69. The van der Waals surface area contributed by atoms with Crippen LogP contribution < -0.4 is 5.73 Å². The first-order chi connectivity index (χ1) is 7.70. The van der Waals surface area contributed by atoms with E-state index in [1.807, 2.05) is 0 Å². The van der Waals surface area contributed by atoms with Crippen molar-refractivity contribution in [2.45, 2.75) is 26.0 Å². The minimum Gasteiger partial charge on any atom is -0.388 e. The number of ether oxygens (including phenoxy) is 1. The second kappa shape index (κ2) is 5.07. The summed E-state index contributed by atoms with van der Waals surface area (Å²) in [6, 6.07) is 0. The first kappa shape index (κ1) is 11.8. The summed E-state index contributed by atoms with van der Waals surface area (Å²) >= 11 is 1.26. The second-order valence-electron chi connectivity index (χ2n) is 4.36. The van der Waals surface area contributed by atoms with Crippen molar-refractivity contribution in [3.63, 3.8) is 0 Å². The van der Waals surface area contributed by atoms with Gasteiger partial charge in [-0.2, -0.15) is 0 Å². The fourth-order valence-electron chi connectivity index (χ4n) is 2.09. The van der Waals surface area contributed by atoms with E-state index < -0.39 is 0 Å². The number of hydrogen-bond acceptors (Lipinski definition) is 6. The number of aromatic nitrogens is 2. The van der Waals surface area contributed by atoms with Crippen molar-refractivity contribution in [3.8, 4) is 0 Å². The zero-order valence-electron chi connectivity index (χ0n) is 9.72. The van der Waals surface area contributed by atoms with Crippen molar-refractivity contribution in [1.29, 1.82) is 0 Å². The predicted octanol–water partition coefficient (Wildman–Crippen LogP) is 0.977. The lowest BCUT2D eigenvalue weighted by molar-refractivity contribution is -0.00773. The van der Waals surface area contributed by atoms with Gasteiger partial charge in [0.1, 0.15) is 10.7 Å². The quantitative estimate of drug-likeness (QED) is 0.856. The van der Waals surface area contributed by atoms with E-state index in [-0.39, 0.29) is 0 Å². The Balaban J connectivity index is 1.94. The van der Waals surface area contributed by atoms with Gasteiger partial charge in [0.05, 0.1) is 6.10 Å². The third-order valence-electron chi connectivity index (χ3n) is 3.23. The van der Waals surface area contributed by atoms with Gasteiger partial charge in [-0.15, -0.1) is 5.10 Å². The van der Waals surface area contributed by atoms with E-state index in [2.05, 4.69) is 21.4 Å². The number of nitrogens with zero attached hydrogens (tertiary/aromatic N) is 3. The Labute approximate surface area is 99.7 Å². The molecule has 0 aromatic carbocycles. The van der Waals surface area contributed by atoms with E-state index in [1.54, 1.807) is 7.11 Å². The molecule has 2 heterocycles. The summed E-state index contributed by atoms with van der Waals surface area (Å²) in [6.07, 6.45) is 1.48. The number of nitrogens with two attached hydrogens (primary N) is 1. The van der Waals surface area contributed by atoms with Gasteiger partial charge in [0.2, 0.25) is 0 Å². The molecule has 16 heavy (non-hydrogen) atoms. The maximum Gasteiger partial charge on any atom is 0.132 e. The summed E-state index contributed by atoms with van der Waals surface area (Å²) < 4.78 is 9.33. The fraction of sp³-hybridized carbons (Fsp3) is 0.800. The van der Waals surface area contributed by atoms with E-state index in [0.717, 1.165) is 36.8 Å². The van der Waals surface area contributed by atoms with E-state index in [0.29, 0.717) is 12.0 Å². The monoisotopic (exact) mass is 242 g/mol. The van der Waals surface area contributed by atoms with Gasteiger partial charge in [-0.25, -0.2) is 0 Å². The van der Waals surface area contributed by atoms with E-state index in [1.165, 1.54) is 11.5 Å². The highest BCUT2D eigenvalue weighted by Gasteiger charge is 2.26. The lowest BCUT2D eigenvalue weighted by Gasteiger charge is -2.35. The number of methoxy groups -OCH3 is 1. The lowest BCUT2D eigenvalue weighted by atomic mass is 9.96. The van der Waals surface area contributed by atoms with Gasteiger partial charge in [-0.1, -0.05) is 11.4 Å². The topological polar surface area (TPSA) is 64.3 Å². The Hall–Kier alpha value is -0.720. The Kier molecular flexibility index (Phi) is 3.73. The van der Waals surface area contributed by atoms with Crippen LogP contribution in [0.25, 0.3) is 0 Å². The van der Waals surface area contributed by atoms with Crippen LogP contribution in [-0.4, -0.2) is 40.8 Å². The Morgan fingerprint density at radius 3 is 3.06 bits per heavy atom. The highest BCUT2D eigenvalue weighted by molar-refractivity contribution is 7.09. The second-order valence-corrected chi connectivity index (χ2v) is 5.14. The fourth-order valence-corrected chi connectivity index (χ4v) is 2.52. The number of rotatable bonds is 3. The molecule has 1 aromatic rings. The third kappa shape index (κ3) is 2.50. The van der Waals surface area contributed by atoms with Crippen LogP contribution in [-0.2, 0) is 11.3 Å². The SMILES string of the molecule is COC1CN(Cc2nnsc2N)CCC1C. The summed E-state index contributed by atoms with van der Waals surface area (Å²) in [6.45, 7) is 5.06. The maximum atomic E-state index is 5.79. The Bertz CT molecular complexity index is 343. The number of nitrogen functional groups attached to an aromatic ring is 1. The largest absolute Gasteiger partial charge is 0.388 e. The average molecular weight is 242 g/mol. The van der Waals surface area contributed by atoms with Gasteiger partial charge in [0.25, 0.3) is 0 Å². The smallest absolute Gasteiger partial charge is 0.132 e. The minimum atomic E-state index is 0.321. The van der Waals surface area contributed by atoms with E-state index >= 15 is 0 Å². The molecule has 90 valence electrons.